The Bertz CT molecular complexity index is 761. The predicted octanol–water partition coefficient (Wildman–Crippen LogP) is 3.53. The second-order valence-corrected chi connectivity index (χ2v) is 5.87. The lowest BCUT2D eigenvalue weighted by Crippen LogP contribution is -2.33. The Balaban J connectivity index is 1.50. The van der Waals surface area contributed by atoms with Gasteiger partial charge in [-0.15, -0.1) is 0 Å². The number of hydrogen-bond acceptors (Lipinski definition) is 3. The molecule has 3 heteroatoms. The molecule has 1 unspecified atom stereocenters. The van der Waals surface area contributed by atoms with Crippen molar-refractivity contribution in [2.24, 2.45) is 4.99 Å². The number of allylic oxidation sites excluding steroid dienone is 1. The van der Waals surface area contributed by atoms with Gasteiger partial charge in [0.2, 0.25) is 0 Å². The number of benzene rings is 2. The lowest BCUT2D eigenvalue weighted by molar-refractivity contribution is 0.350. The third-order valence-corrected chi connectivity index (χ3v) is 4.42. The van der Waals surface area contributed by atoms with E-state index in [4.69, 9.17) is 0 Å². The Morgan fingerprint density at radius 3 is 2.91 bits per heavy atom. The number of fused-ring (bicyclic) bond motifs is 3. The number of aliphatic imine (C=N–C) groups is 1. The van der Waals surface area contributed by atoms with Crippen molar-refractivity contribution in [1.82, 2.24) is 4.90 Å². The van der Waals surface area contributed by atoms with Gasteiger partial charge in [-0.3, -0.25) is 4.99 Å². The minimum atomic E-state index is 0.162. The summed E-state index contributed by atoms with van der Waals surface area (Å²) in [6.45, 7) is 0.809. The lowest BCUT2D eigenvalue weighted by Gasteiger charge is -2.25. The molecule has 2 aromatic carbocycles. The Morgan fingerprint density at radius 1 is 1.14 bits per heavy atom. The Morgan fingerprint density at radius 2 is 2.00 bits per heavy atom. The highest BCUT2D eigenvalue weighted by molar-refractivity contribution is 5.78. The van der Waals surface area contributed by atoms with E-state index in [1.807, 2.05) is 12.3 Å². The molecule has 0 radical (unpaired) electrons. The fraction of sp³-hybridized carbons (Fsp3) is 0.211. The number of nitrogens with one attached hydrogen (secondary N) is 1. The summed E-state index contributed by atoms with van der Waals surface area (Å²) in [6.07, 6.45) is 7.08. The molecule has 0 aromatic heterocycles. The van der Waals surface area contributed by atoms with E-state index in [1.54, 1.807) is 0 Å². The summed E-state index contributed by atoms with van der Waals surface area (Å²) in [5.41, 5.74) is 6.76. The first kappa shape index (κ1) is 13.1. The monoisotopic (exact) mass is 289 g/mol. The summed E-state index contributed by atoms with van der Waals surface area (Å²) in [5.74, 6) is 0. The van der Waals surface area contributed by atoms with Gasteiger partial charge in [0, 0.05) is 25.1 Å². The van der Waals surface area contributed by atoms with Gasteiger partial charge in [-0.25, -0.2) is 0 Å². The van der Waals surface area contributed by atoms with Crippen molar-refractivity contribution in [2.75, 3.05) is 18.9 Å². The van der Waals surface area contributed by atoms with Crippen molar-refractivity contribution in [1.29, 1.82) is 0 Å². The van der Waals surface area contributed by atoms with Crippen LogP contribution < -0.4 is 5.32 Å². The maximum Gasteiger partial charge on any atom is 0.137 e. The van der Waals surface area contributed by atoms with E-state index in [0.29, 0.717) is 0 Å². The third kappa shape index (κ3) is 2.29. The van der Waals surface area contributed by atoms with Gasteiger partial charge in [-0.05, 0) is 46.9 Å². The van der Waals surface area contributed by atoms with Gasteiger partial charge in [0.1, 0.15) is 6.17 Å². The van der Waals surface area contributed by atoms with E-state index in [2.05, 4.69) is 70.9 Å². The fourth-order valence-corrected chi connectivity index (χ4v) is 3.19. The number of rotatable bonds is 3. The molecule has 0 bridgehead atoms. The van der Waals surface area contributed by atoms with Gasteiger partial charge in [0.25, 0.3) is 0 Å². The van der Waals surface area contributed by atoms with Crippen LogP contribution in [0.5, 0.6) is 0 Å². The maximum absolute atomic E-state index is 4.48. The van der Waals surface area contributed by atoms with E-state index in [0.717, 1.165) is 13.0 Å². The van der Waals surface area contributed by atoms with E-state index in [9.17, 15) is 0 Å². The zero-order valence-corrected chi connectivity index (χ0v) is 12.7. The predicted molar refractivity (Wildman–Crippen MR) is 92.4 cm³/mol. The average molecular weight is 289 g/mol. The summed E-state index contributed by atoms with van der Waals surface area (Å²) >= 11 is 0. The molecule has 1 aliphatic carbocycles. The highest BCUT2D eigenvalue weighted by Gasteiger charge is 2.18. The normalized spacial score (nSPS) is 18.2. The quantitative estimate of drug-likeness (QED) is 0.799. The van der Waals surface area contributed by atoms with Crippen molar-refractivity contribution in [2.45, 2.75) is 12.6 Å². The number of nitrogens with zero attached hydrogens (tertiary/aromatic N) is 2. The summed E-state index contributed by atoms with van der Waals surface area (Å²) in [7, 11) is 2.05. The highest BCUT2D eigenvalue weighted by atomic mass is 15.2. The first-order valence-corrected chi connectivity index (χ1v) is 7.68. The van der Waals surface area contributed by atoms with Gasteiger partial charge in [0.05, 0.1) is 6.54 Å². The average Bonchev–Trinajstić information content (AvgIpc) is 2.92. The third-order valence-electron chi connectivity index (χ3n) is 4.42. The van der Waals surface area contributed by atoms with E-state index in [1.165, 1.54) is 27.9 Å². The first-order chi connectivity index (χ1) is 10.8. The van der Waals surface area contributed by atoms with Crippen LogP contribution in [0.15, 0.2) is 59.7 Å². The van der Waals surface area contributed by atoms with Crippen molar-refractivity contribution in [3.8, 4) is 11.1 Å². The van der Waals surface area contributed by atoms with Crippen LogP contribution in [-0.4, -0.2) is 30.9 Å². The van der Waals surface area contributed by atoms with E-state index >= 15 is 0 Å². The molecule has 22 heavy (non-hydrogen) atoms. The molecule has 4 rings (SSSR count). The Labute approximate surface area is 131 Å². The van der Waals surface area contributed by atoms with Gasteiger partial charge in [-0.1, -0.05) is 30.3 Å². The molecule has 2 aromatic rings. The second-order valence-electron chi connectivity index (χ2n) is 5.87. The second kappa shape index (κ2) is 5.34. The number of anilines is 1. The molecule has 0 fully saturated rings. The summed E-state index contributed by atoms with van der Waals surface area (Å²) in [4.78, 5) is 6.60. The topological polar surface area (TPSA) is 27.6 Å². The van der Waals surface area contributed by atoms with Gasteiger partial charge >= 0.3 is 0 Å². The van der Waals surface area contributed by atoms with Crippen LogP contribution in [-0.2, 0) is 6.42 Å². The molecule has 0 saturated carbocycles. The molecule has 0 amide bonds. The molecular weight excluding hydrogens is 270 g/mol. The molecule has 1 heterocycles. The van der Waals surface area contributed by atoms with Crippen molar-refractivity contribution in [3.63, 3.8) is 0 Å². The molecule has 1 aliphatic heterocycles. The highest BCUT2D eigenvalue weighted by Crippen LogP contribution is 2.37. The van der Waals surface area contributed by atoms with Crippen LogP contribution in [0.1, 0.15) is 11.1 Å². The minimum Gasteiger partial charge on any atom is -0.381 e. The molecule has 2 aliphatic rings. The van der Waals surface area contributed by atoms with Gasteiger partial charge < -0.3 is 10.2 Å². The maximum atomic E-state index is 4.48. The summed E-state index contributed by atoms with van der Waals surface area (Å²) < 4.78 is 0. The van der Waals surface area contributed by atoms with Crippen LogP contribution in [0.2, 0.25) is 0 Å². The van der Waals surface area contributed by atoms with Crippen LogP contribution in [0.3, 0.4) is 0 Å². The molecular formula is C19H19N3. The molecule has 1 N–H and O–H groups in total. The Kier molecular flexibility index (Phi) is 3.19. The lowest BCUT2D eigenvalue weighted by atomic mass is 10.1. The number of hydrogen-bond donors (Lipinski definition) is 1. The smallest absolute Gasteiger partial charge is 0.137 e. The SMILES string of the molecule is CN1C=CC=NC1CNc1ccc2c(c1)Cc1ccccc1-2. The summed E-state index contributed by atoms with van der Waals surface area (Å²) in [5, 5.41) is 3.51. The van der Waals surface area contributed by atoms with Crippen LogP contribution in [0.25, 0.3) is 11.1 Å². The van der Waals surface area contributed by atoms with Crippen molar-refractivity contribution in [3.05, 3.63) is 65.9 Å². The summed E-state index contributed by atoms with van der Waals surface area (Å²) in [6, 6.07) is 15.4. The zero-order chi connectivity index (χ0) is 14.9. The molecule has 0 spiro atoms. The largest absolute Gasteiger partial charge is 0.381 e. The van der Waals surface area contributed by atoms with Crippen LogP contribution >= 0.6 is 0 Å². The van der Waals surface area contributed by atoms with Gasteiger partial charge in [0.15, 0.2) is 0 Å². The van der Waals surface area contributed by atoms with Crippen LogP contribution in [0, 0.1) is 0 Å². The van der Waals surface area contributed by atoms with Crippen molar-refractivity contribution >= 4 is 11.9 Å². The van der Waals surface area contributed by atoms with E-state index < -0.39 is 0 Å². The Hall–Kier alpha value is -2.55. The van der Waals surface area contributed by atoms with Crippen molar-refractivity contribution < 1.29 is 0 Å². The standard InChI is InChI=1S/C19H19N3/c1-22-10-4-9-20-19(22)13-21-16-7-8-18-15(12-16)11-14-5-2-3-6-17(14)18/h2-10,12,19,21H,11,13H2,1H3. The molecule has 1 atom stereocenters. The first-order valence-electron chi connectivity index (χ1n) is 7.68. The van der Waals surface area contributed by atoms with Crippen LogP contribution in [0.4, 0.5) is 5.69 Å². The molecule has 0 saturated heterocycles. The van der Waals surface area contributed by atoms with E-state index in [-0.39, 0.29) is 6.17 Å². The zero-order valence-electron chi connectivity index (χ0n) is 12.7. The molecule has 3 nitrogen and oxygen atoms in total. The fourth-order valence-electron chi connectivity index (χ4n) is 3.19. The molecule has 110 valence electrons. The minimum absolute atomic E-state index is 0.162. The number of likely N-dealkylation sites (N-methyl/N-ethyl adjacent to an activating group) is 1. The van der Waals surface area contributed by atoms with Gasteiger partial charge in [-0.2, -0.15) is 0 Å².